The largest absolute Gasteiger partial charge is 0.339 e. The van der Waals surface area contributed by atoms with Crippen LogP contribution in [0.25, 0.3) is 0 Å². The number of nitrogens with zero attached hydrogens (tertiary/aromatic N) is 3. The lowest BCUT2D eigenvalue weighted by atomic mass is 10.2. The highest BCUT2D eigenvalue weighted by molar-refractivity contribution is 7.98. The molecule has 1 heterocycles. The van der Waals surface area contributed by atoms with E-state index in [-0.39, 0.29) is 16.5 Å². The van der Waals surface area contributed by atoms with E-state index in [2.05, 4.69) is 17.0 Å². The molecule has 184 valence electrons. The van der Waals surface area contributed by atoms with Gasteiger partial charge in [-0.15, -0.1) is 11.8 Å². The quantitative estimate of drug-likeness (QED) is 0.425. The molecule has 0 aromatic heterocycles. The van der Waals surface area contributed by atoms with Crippen molar-refractivity contribution in [3.8, 4) is 0 Å². The van der Waals surface area contributed by atoms with Crippen LogP contribution in [-0.2, 0) is 21.4 Å². The SMILES string of the molecule is CSc1ccc(S(=O)(=O)N(CC(=O)N2CCN(Cc3ccccc3)CC2)c2cccc(F)c2)cc1. The number of carbonyl (C=O) groups excluding carboxylic acids is 1. The van der Waals surface area contributed by atoms with Crippen LogP contribution in [0.4, 0.5) is 10.1 Å². The average Bonchev–Trinajstić information content (AvgIpc) is 2.88. The van der Waals surface area contributed by atoms with Crippen LogP contribution in [0.5, 0.6) is 0 Å². The standard InChI is InChI=1S/C26H28FN3O3S2/c1-34-24-10-12-25(13-11-24)35(32,33)30(23-9-5-8-22(27)18-23)20-26(31)29-16-14-28(15-17-29)19-21-6-3-2-4-7-21/h2-13,18H,14-17,19-20H2,1H3. The number of rotatable bonds is 8. The number of piperazine rings is 1. The van der Waals surface area contributed by atoms with E-state index in [1.165, 1.54) is 47.7 Å². The van der Waals surface area contributed by atoms with Gasteiger partial charge in [0.2, 0.25) is 5.91 Å². The summed E-state index contributed by atoms with van der Waals surface area (Å²) in [5, 5.41) is 0. The lowest BCUT2D eigenvalue weighted by molar-refractivity contribution is -0.131. The van der Waals surface area contributed by atoms with Gasteiger partial charge in [-0.3, -0.25) is 14.0 Å². The number of anilines is 1. The van der Waals surface area contributed by atoms with Gasteiger partial charge in [0.25, 0.3) is 10.0 Å². The second kappa shape index (κ2) is 11.2. The summed E-state index contributed by atoms with van der Waals surface area (Å²) in [4.78, 5) is 18.1. The van der Waals surface area contributed by atoms with Crippen molar-refractivity contribution in [3.05, 3.63) is 90.2 Å². The summed E-state index contributed by atoms with van der Waals surface area (Å²) >= 11 is 1.50. The highest BCUT2D eigenvalue weighted by Crippen LogP contribution is 2.26. The first-order valence-electron chi connectivity index (χ1n) is 11.3. The smallest absolute Gasteiger partial charge is 0.264 e. The maximum atomic E-state index is 14.0. The maximum absolute atomic E-state index is 14.0. The fourth-order valence-corrected chi connectivity index (χ4v) is 5.86. The Morgan fingerprint density at radius 1 is 0.943 bits per heavy atom. The molecule has 0 bridgehead atoms. The van der Waals surface area contributed by atoms with Gasteiger partial charge in [-0.1, -0.05) is 36.4 Å². The van der Waals surface area contributed by atoms with Crippen molar-refractivity contribution < 1.29 is 17.6 Å². The molecule has 3 aromatic carbocycles. The second-order valence-electron chi connectivity index (χ2n) is 8.31. The Hall–Kier alpha value is -2.88. The van der Waals surface area contributed by atoms with E-state index >= 15 is 0 Å². The van der Waals surface area contributed by atoms with Crippen molar-refractivity contribution in [3.63, 3.8) is 0 Å². The van der Waals surface area contributed by atoms with Crippen molar-refractivity contribution in [2.24, 2.45) is 0 Å². The summed E-state index contributed by atoms with van der Waals surface area (Å²) in [7, 11) is -4.08. The number of benzene rings is 3. The zero-order chi connectivity index (χ0) is 24.8. The third kappa shape index (κ3) is 6.22. The number of hydrogen-bond donors (Lipinski definition) is 0. The van der Waals surface area contributed by atoms with Crippen LogP contribution in [0.1, 0.15) is 5.56 Å². The Balaban J connectivity index is 1.50. The lowest BCUT2D eigenvalue weighted by Crippen LogP contribution is -2.51. The Morgan fingerprint density at radius 3 is 2.26 bits per heavy atom. The Bertz CT molecular complexity index is 1250. The highest BCUT2D eigenvalue weighted by atomic mass is 32.2. The first kappa shape index (κ1) is 25.2. The van der Waals surface area contributed by atoms with Crippen LogP contribution in [0, 0.1) is 5.82 Å². The van der Waals surface area contributed by atoms with Gasteiger partial charge in [-0.2, -0.15) is 0 Å². The topological polar surface area (TPSA) is 60.9 Å². The van der Waals surface area contributed by atoms with Gasteiger partial charge in [-0.25, -0.2) is 12.8 Å². The third-order valence-electron chi connectivity index (χ3n) is 6.00. The predicted octanol–water partition coefficient (Wildman–Crippen LogP) is 4.09. The second-order valence-corrected chi connectivity index (χ2v) is 11.1. The van der Waals surface area contributed by atoms with E-state index in [1.54, 1.807) is 17.0 Å². The predicted molar refractivity (Wildman–Crippen MR) is 137 cm³/mol. The van der Waals surface area contributed by atoms with E-state index in [1.807, 2.05) is 24.5 Å². The zero-order valence-electron chi connectivity index (χ0n) is 19.5. The van der Waals surface area contributed by atoms with Crippen LogP contribution in [-0.4, -0.2) is 63.1 Å². The van der Waals surface area contributed by atoms with Crippen LogP contribution in [0.3, 0.4) is 0 Å². The molecule has 0 N–H and O–H groups in total. The van der Waals surface area contributed by atoms with Crippen molar-refractivity contribution in [2.75, 3.05) is 43.3 Å². The molecule has 1 aliphatic heterocycles. The molecule has 9 heteroatoms. The summed E-state index contributed by atoms with van der Waals surface area (Å²) in [6, 6.07) is 21.9. The summed E-state index contributed by atoms with van der Waals surface area (Å²) < 4.78 is 42.1. The number of halogens is 1. The molecule has 0 radical (unpaired) electrons. The minimum atomic E-state index is -4.08. The summed E-state index contributed by atoms with van der Waals surface area (Å²) in [5.74, 6) is -0.875. The molecule has 6 nitrogen and oxygen atoms in total. The third-order valence-corrected chi connectivity index (χ3v) is 8.53. The maximum Gasteiger partial charge on any atom is 0.264 e. The first-order valence-corrected chi connectivity index (χ1v) is 14.0. The number of sulfonamides is 1. The van der Waals surface area contributed by atoms with Crippen molar-refractivity contribution >= 4 is 33.4 Å². The fraction of sp³-hybridized carbons (Fsp3) is 0.269. The molecule has 0 aliphatic carbocycles. The Morgan fingerprint density at radius 2 is 1.63 bits per heavy atom. The van der Waals surface area contributed by atoms with Crippen LogP contribution >= 0.6 is 11.8 Å². The molecule has 35 heavy (non-hydrogen) atoms. The molecule has 3 aromatic rings. The minimum Gasteiger partial charge on any atom is -0.339 e. The van der Waals surface area contributed by atoms with Gasteiger partial charge in [0.1, 0.15) is 12.4 Å². The lowest BCUT2D eigenvalue weighted by Gasteiger charge is -2.36. The van der Waals surface area contributed by atoms with E-state index in [9.17, 15) is 17.6 Å². The molecular formula is C26H28FN3O3S2. The van der Waals surface area contributed by atoms with Gasteiger partial charge in [0.05, 0.1) is 10.6 Å². The van der Waals surface area contributed by atoms with Crippen LogP contribution in [0.2, 0.25) is 0 Å². The van der Waals surface area contributed by atoms with Gasteiger partial charge in [0.15, 0.2) is 0 Å². The van der Waals surface area contributed by atoms with Crippen LogP contribution in [0.15, 0.2) is 88.7 Å². The molecule has 1 fully saturated rings. The van der Waals surface area contributed by atoms with Crippen molar-refractivity contribution in [1.29, 1.82) is 0 Å². The molecule has 1 amide bonds. The fourth-order valence-electron chi connectivity index (χ4n) is 4.04. The normalized spacial score (nSPS) is 14.6. The Kier molecular flexibility index (Phi) is 8.10. The van der Waals surface area contributed by atoms with Crippen molar-refractivity contribution in [2.45, 2.75) is 16.3 Å². The van der Waals surface area contributed by atoms with Gasteiger partial charge in [-0.05, 0) is 54.3 Å². The van der Waals surface area contributed by atoms with Gasteiger partial charge in [0, 0.05) is 37.6 Å². The van der Waals surface area contributed by atoms with E-state index < -0.39 is 22.4 Å². The molecule has 0 atom stereocenters. The molecule has 4 rings (SSSR count). The molecule has 0 unspecified atom stereocenters. The van der Waals surface area contributed by atoms with Gasteiger partial charge >= 0.3 is 0 Å². The highest BCUT2D eigenvalue weighted by Gasteiger charge is 2.30. The molecule has 1 saturated heterocycles. The summed E-state index contributed by atoms with van der Waals surface area (Å²) in [6.45, 7) is 2.82. The van der Waals surface area contributed by atoms with E-state index in [0.29, 0.717) is 26.2 Å². The first-order chi connectivity index (χ1) is 16.9. The minimum absolute atomic E-state index is 0.0556. The number of thioether (sulfide) groups is 1. The zero-order valence-corrected chi connectivity index (χ0v) is 21.1. The molecule has 1 aliphatic rings. The van der Waals surface area contributed by atoms with Crippen LogP contribution < -0.4 is 4.31 Å². The van der Waals surface area contributed by atoms with Gasteiger partial charge < -0.3 is 4.90 Å². The van der Waals surface area contributed by atoms with E-state index in [4.69, 9.17) is 0 Å². The van der Waals surface area contributed by atoms with Crippen molar-refractivity contribution in [1.82, 2.24) is 9.80 Å². The summed E-state index contributed by atoms with van der Waals surface area (Å²) in [6.07, 6.45) is 1.90. The Labute approximate surface area is 210 Å². The van der Waals surface area contributed by atoms with E-state index in [0.717, 1.165) is 21.8 Å². The molecular weight excluding hydrogens is 485 g/mol. The number of amides is 1. The summed E-state index contributed by atoms with van der Waals surface area (Å²) in [5.41, 5.74) is 1.33. The number of hydrogen-bond acceptors (Lipinski definition) is 5. The average molecular weight is 514 g/mol. The molecule has 0 saturated carbocycles. The monoisotopic (exact) mass is 513 g/mol. The molecule has 0 spiro atoms. The number of carbonyl (C=O) groups is 1.